The summed E-state index contributed by atoms with van der Waals surface area (Å²) in [5.74, 6) is -0.136. The van der Waals surface area contributed by atoms with E-state index in [-0.39, 0.29) is 12.3 Å². The molecule has 1 aromatic heterocycles. The fourth-order valence-electron chi connectivity index (χ4n) is 2.34. The fourth-order valence-corrected chi connectivity index (χ4v) is 3.73. The fraction of sp³-hybridized carbons (Fsp3) is 0.105. The number of thiophene rings is 1. The van der Waals surface area contributed by atoms with Gasteiger partial charge in [0, 0.05) is 22.1 Å². The monoisotopic (exact) mass is 424 g/mol. The van der Waals surface area contributed by atoms with Crippen LogP contribution >= 0.6 is 46.1 Å². The first-order chi connectivity index (χ1) is 12.5. The maximum absolute atomic E-state index is 12.2. The largest absolute Gasteiger partial charge is 0.380 e. The Morgan fingerprint density at radius 3 is 2.38 bits per heavy atom. The Balaban J connectivity index is 1.58. The van der Waals surface area contributed by atoms with Gasteiger partial charge in [0.15, 0.2) is 0 Å². The topological polar surface area (TPSA) is 41.1 Å². The van der Waals surface area contributed by atoms with Crippen LogP contribution in [-0.2, 0) is 17.8 Å². The number of benzene rings is 2. The van der Waals surface area contributed by atoms with Crippen LogP contribution in [0.15, 0.2) is 54.6 Å². The number of rotatable bonds is 6. The van der Waals surface area contributed by atoms with E-state index in [2.05, 4.69) is 10.6 Å². The second-order valence-corrected chi connectivity index (χ2v) is 8.25. The Hall–Kier alpha value is -1.72. The molecule has 0 aliphatic rings. The molecule has 0 bridgehead atoms. The molecule has 0 atom stereocenters. The van der Waals surface area contributed by atoms with Crippen LogP contribution in [0.25, 0.3) is 0 Å². The highest BCUT2D eigenvalue weighted by molar-refractivity contribution is 7.16. The van der Waals surface area contributed by atoms with Gasteiger partial charge in [-0.1, -0.05) is 46.9 Å². The van der Waals surface area contributed by atoms with Gasteiger partial charge in [0.1, 0.15) is 0 Å². The maximum Gasteiger partial charge on any atom is 0.228 e. The molecule has 0 saturated carbocycles. The molecule has 3 rings (SSSR count). The minimum atomic E-state index is -0.136. The molecule has 1 amide bonds. The van der Waals surface area contributed by atoms with Crippen LogP contribution in [0.3, 0.4) is 0 Å². The summed E-state index contributed by atoms with van der Waals surface area (Å²) in [6, 6.07) is 16.5. The molecule has 3 nitrogen and oxygen atoms in total. The molecule has 3 aromatic rings. The SMILES string of the molecule is O=C(Cc1ccc(Cl)cc1)Nc1ccc(NCc2ccc(Cl)s2)cc1Cl. The average molecular weight is 426 g/mol. The number of nitrogens with one attached hydrogen (secondary N) is 2. The molecule has 7 heteroatoms. The molecule has 0 saturated heterocycles. The molecular weight excluding hydrogens is 411 g/mol. The van der Waals surface area contributed by atoms with E-state index in [1.165, 1.54) is 11.3 Å². The van der Waals surface area contributed by atoms with Crippen LogP contribution in [0.4, 0.5) is 11.4 Å². The third-order valence-corrected chi connectivity index (χ3v) is 5.41. The van der Waals surface area contributed by atoms with Crippen molar-refractivity contribution in [1.29, 1.82) is 0 Å². The summed E-state index contributed by atoms with van der Waals surface area (Å²) in [6.07, 6.45) is 0.257. The van der Waals surface area contributed by atoms with E-state index in [0.29, 0.717) is 22.3 Å². The zero-order valence-corrected chi connectivity index (χ0v) is 16.6. The number of hydrogen-bond acceptors (Lipinski definition) is 3. The van der Waals surface area contributed by atoms with Crippen molar-refractivity contribution in [3.63, 3.8) is 0 Å². The van der Waals surface area contributed by atoms with Gasteiger partial charge in [-0.05, 0) is 48.0 Å². The third kappa shape index (κ3) is 5.39. The number of amides is 1. The van der Waals surface area contributed by atoms with Crippen molar-refractivity contribution in [2.75, 3.05) is 10.6 Å². The lowest BCUT2D eigenvalue weighted by molar-refractivity contribution is -0.115. The van der Waals surface area contributed by atoms with Gasteiger partial charge in [-0.25, -0.2) is 0 Å². The zero-order valence-electron chi connectivity index (χ0n) is 13.6. The summed E-state index contributed by atoms with van der Waals surface area (Å²) < 4.78 is 0.763. The van der Waals surface area contributed by atoms with E-state index in [1.54, 1.807) is 24.3 Å². The molecule has 0 aliphatic carbocycles. The van der Waals surface area contributed by atoms with E-state index < -0.39 is 0 Å². The summed E-state index contributed by atoms with van der Waals surface area (Å²) in [5, 5.41) is 7.23. The highest BCUT2D eigenvalue weighted by Crippen LogP contribution is 2.27. The van der Waals surface area contributed by atoms with Crippen LogP contribution in [0.5, 0.6) is 0 Å². The number of halogens is 3. The Kier molecular flexibility index (Phi) is 6.43. The smallest absolute Gasteiger partial charge is 0.228 e. The first-order valence-electron chi connectivity index (χ1n) is 7.81. The van der Waals surface area contributed by atoms with E-state index in [9.17, 15) is 4.79 Å². The van der Waals surface area contributed by atoms with Gasteiger partial charge in [-0.3, -0.25) is 4.79 Å². The van der Waals surface area contributed by atoms with E-state index in [4.69, 9.17) is 34.8 Å². The molecule has 0 radical (unpaired) electrons. The minimum Gasteiger partial charge on any atom is -0.380 e. The number of carbonyl (C=O) groups excluding carboxylic acids is 1. The molecule has 1 heterocycles. The van der Waals surface area contributed by atoms with Crippen molar-refractivity contribution in [3.05, 3.63) is 79.4 Å². The van der Waals surface area contributed by atoms with Gasteiger partial charge >= 0.3 is 0 Å². The molecule has 134 valence electrons. The first-order valence-corrected chi connectivity index (χ1v) is 9.76. The van der Waals surface area contributed by atoms with Gasteiger partial charge in [0.25, 0.3) is 0 Å². The van der Waals surface area contributed by atoms with Gasteiger partial charge in [0.05, 0.1) is 21.5 Å². The molecule has 0 spiro atoms. The van der Waals surface area contributed by atoms with E-state index >= 15 is 0 Å². The quantitative estimate of drug-likeness (QED) is 0.473. The predicted molar refractivity (Wildman–Crippen MR) is 112 cm³/mol. The van der Waals surface area contributed by atoms with Crippen LogP contribution in [-0.4, -0.2) is 5.91 Å². The first kappa shape index (κ1) is 19.1. The summed E-state index contributed by atoms with van der Waals surface area (Å²) >= 11 is 19.6. The van der Waals surface area contributed by atoms with E-state index in [1.807, 2.05) is 30.3 Å². The summed E-state index contributed by atoms with van der Waals surface area (Å²) in [5.41, 5.74) is 2.33. The second-order valence-electron chi connectivity index (χ2n) is 5.61. The lowest BCUT2D eigenvalue weighted by Gasteiger charge is -2.10. The highest BCUT2D eigenvalue weighted by Gasteiger charge is 2.08. The average Bonchev–Trinajstić information content (AvgIpc) is 3.03. The number of hydrogen-bond donors (Lipinski definition) is 2. The van der Waals surface area contributed by atoms with Crippen LogP contribution in [0, 0.1) is 0 Å². The lowest BCUT2D eigenvalue weighted by Crippen LogP contribution is -2.14. The minimum absolute atomic E-state index is 0.136. The predicted octanol–water partition coefficient (Wildman–Crippen LogP) is 6.50. The molecule has 0 unspecified atom stereocenters. The van der Waals surface area contributed by atoms with Crippen molar-refractivity contribution >= 4 is 63.4 Å². The van der Waals surface area contributed by atoms with E-state index in [0.717, 1.165) is 20.5 Å². The van der Waals surface area contributed by atoms with Crippen LogP contribution in [0.2, 0.25) is 14.4 Å². The number of carbonyl (C=O) groups is 1. The molecular formula is C19H15Cl3N2OS. The zero-order chi connectivity index (χ0) is 18.5. The van der Waals surface area contributed by atoms with Crippen LogP contribution in [0.1, 0.15) is 10.4 Å². The van der Waals surface area contributed by atoms with Crippen LogP contribution < -0.4 is 10.6 Å². The third-order valence-electron chi connectivity index (χ3n) is 3.62. The van der Waals surface area contributed by atoms with Crippen molar-refractivity contribution in [1.82, 2.24) is 0 Å². The Labute approximate surface area is 170 Å². The molecule has 26 heavy (non-hydrogen) atoms. The Morgan fingerprint density at radius 1 is 0.962 bits per heavy atom. The summed E-state index contributed by atoms with van der Waals surface area (Å²) in [4.78, 5) is 13.3. The van der Waals surface area contributed by atoms with Crippen molar-refractivity contribution in [3.8, 4) is 0 Å². The molecule has 2 aromatic carbocycles. The standard InChI is InChI=1S/C19H15Cl3N2OS/c20-13-3-1-12(2-4-13)9-19(25)24-17-7-5-14(10-16(17)21)23-11-15-6-8-18(22)26-15/h1-8,10,23H,9,11H2,(H,24,25). The molecule has 2 N–H and O–H groups in total. The van der Waals surface area contributed by atoms with Crippen molar-refractivity contribution < 1.29 is 4.79 Å². The number of anilines is 2. The highest BCUT2D eigenvalue weighted by atomic mass is 35.5. The normalized spacial score (nSPS) is 10.6. The van der Waals surface area contributed by atoms with Crippen molar-refractivity contribution in [2.45, 2.75) is 13.0 Å². The summed E-state index contributed by atoms with van der Waals surface area (Å²) in [7, 11) is 0. The van der Waals surface area contributed by atoms with Gasteiger partial charge < -0.3 is 10.6 Å². The Morgan fingerprint density at radius 2 is 1.73 bits per heavy atom. The molecule has 0 fully saturated rings. The van der Waals surface area contributed by atoms with Gasteiger partial charge in [-0.2, -0.15) is 0 Å². The van der Waals surface area contributed by atoms with Crippen molar-refractivity contribution in [2.24, 2.45) is 0 Å². The Bertz CT molecular complexity index is 909. The maximum atomic E-state index is 12.2. The second kappa shape index (κ2) is 8.78. The lowest BCUT2D eigenvalue weighted by atomic mass is 10.1. The van der Waals surface area contributed by atoms with Gasteiger partial charge in [-0.15, -0.1) is 11.3 Å². The van der Waals surface area contributed by atoms with Gasteiger partial charge in [0.2, 0.25) is 5.91 Å². The molecule has 0 aliphatic heterocycles. The summed E-state index contributed by atoms with van der Waals surface area (Å²) in [6.45, 7) is 0.663.